The number of ketones is 2. The van der Waals surface area contributed by atoms with Gasteiger partial charge in [-0.15, -0.1) is 0 Å². The molecule has 0 bridgehead atoms. The Morgan fingerprint density at radius 2 is 1.88 bits per heavy atom. The Labute approximate surface area is 98.1 Å². The second kappa shape index (κ2) is 3.85. The molecular formula is C12H13NO4. The van der Waals surface area contributed by atoms with Crippen molar-refractivity contribution >= 4 is 11.6 Å². The molecule has 5 heteroatoms. The van der Waals surface area contributed by atoms with Crippen LogP contribution in [0.5, 0.6) is 0 Å². The van der Waals surface area contributed by atoms with Gasteiger partial charge in [-0.2, -0.15) is 0 Å². The lowest BCUT2D eigenvalue weighted by Gasteiger charge is -2.15. The van der Waals surface area contributed by atoms with E-state index < -0.39 is 0 Å². The number of aliphatic hydroxyl groups excluding tert-OH is 1. The van der Waals surface area contributed by atoms with Crippen molar-refractivity contribution in [2.24, 2.45) is 0 Å². The summed E-state index contributed by atoms with van der Waals surface area (Å²) in [7, 11) is 1.35. The van der Waals surface area contributed by atoms with E-state index >= 15 is 0 Å². The molecule has 90 valence electrons. The van der Waals surface area contributed by atoms with E-state index in [1.165, 1.54) is 7.11 Å². The van der Waals surface area contributed by atoms with Gasteiger partial charge in [0, 0.05) is 16.8 Å². The highest BCUT2D eigenvalue weighted by Crippen LogP contribution is 2.30. The SMILES string of the molecule is COC1=C(C)C(=O)c2[nH]c(C)c(CO)c2C1=O. The molecule has 0 saturated heterocycles. The summed E-state index contributed by atoms with van der Waals surface area (Å²) in [5.41, 5.74) is 1.85. The van der Waals surface area contributed by atoms with Crippen molar-refractivity contribution in [1.29, 1.82) is 0 Å². The van der Waals surface area contributed by atoms with E-state index in [2.05, 4.69) is 4.98 Å². The van der Waals surface area contributed by atoms with E-state index in [0.29, 0.717) is 11.3 Å². The van der Waals surface area contributed by atoms with Crippen molar-refractivity contribution in [3.05, 3.63) is 33.8 Å². The van der Waals surface area contributed by atoms with Gasteiger partial charge < -0.3 is 14.8 Å². The molecule has 1 aliphatic rings. The van der Waals surface area contributed by atoms with Crippen LogP contribution in [-0.4, -0.2) is 28.8 Å². The van der Waals surface area contributed by atoms with Gasteiger partial charge in [0.05, 0.1) is 25.0 Å². The minimum Gasteiger partial charge on any atom is -0.492 e. The van der Waals surface area contributed by atoms with Gasteiger partial charge in [-0.25, -0.2) is 0 Å². The highest BCUT2D eigenvalue weighted by Gasteiger charge is 2.35. The van der Waals surface area contributed by atoms with E-state index in [1.54, 1.807) is 13.8 Å². The van der Waals surface area contributed by atoms with Crippen molar-refractivity contribution in [2.75, 3.05) is 7.11 Å². The second-order valence-electron chi connectivity index (χ2n) is 3.95. The number of hydrogen-bond donors (Lipinski definition) is 2. The van der Waals surface area contributed by atoms with Crippen LogP contribution >= 0.6 is 0 Å². The number of aromatic amines is 1. The van der Waals surface area contributed by atoms with Crippen molar-refractivity contribution < 1.29 is 19.4 Å². The van der Waals surface area contributed by atoms with Crippen LogP contribution < -0.4 is 0 Å². The number of methoxy groups -OCH3 is 1. The Hall–Kier alpha value is -1.88. The van der Waals surface area contributed by atoms with E-state index in [1.807, 2.05) is 0 Å². The van der Waals surface area contributed by atoms with Gasteiger partial charge in [0.15, 0.2) is 5.76 Å². The fourth-order valence-electron chi connectivity index (χ4n) is 2.10. The number of aryl methyl sites for hydroxylation is 1. The highest BCUT2D eigenvalue weighted by atomic mass is 16.5. The van der Waals surface area contributed by atoms with Crippen LogP contribution in [0, 0.1) is 6.92 Å². The molecule has 0 unspecified atom stereocenters. The number of ether oxygens (including phenoxy) is 1. The monoisotopic (exact) mass is 235 g/mol. The molecule has 1 aliphatic carbocycles. The van der Waals surface area contributed by atoms with Crippen molar-refractivity contribution in [2.45, 2.75) is 20.5 Å². The van der Waals surface area contributed by atoms with Crippen molar-refractivity contribution in [1.82, 2.24) is 4.98 Å². The number of fused-ring (bicyclic) bond motifs is 1. The third-order valence-electron chi connectivity index (χ3n) is 3.02. The zero-order valence-electron chi connectivity index (χ0n) is 9.88. The van der Waals surface area contributed by atoms with Gasteiger partial charge in [-0.1, -0.05) is 0 Å². The number of aromatic nitrogens is 1. The molecule has 1 heterocycles. The smallest absolute Gasteiger partial charge is 0.230 e. The third-order valence-corrected chi connectivity index (χ3v) is 3.02. The van der Waals surface area contributed by atoms with E-state index in [4.69, 9.17) is 4.74 Å². The van der Waals surface area contributed by atoms with Gasteiger partial charge >= 0.3 is 0 Å². The first-order chi connectivity index (χ1) is 8.02. The van der Waals surface area contributed by atoms with Gasteiger partial charge in [-0.05, 0) is 13.8 Å². The topological polar surface area (TPSA) is 79.4 Å². The van der Waals surface area contributed by atoms with Crippen LogP contribution in [0.2, 0.25) is 0 Å². The first kappa shape index (κ1) is 11.6. The standard InChI is InChI=1S/C12H13NO4/c1-5-10(15)9-8(11(16)12(5)17-3)7(4-14)6(2)13-9/h13-14H,4H2,1-3H3. The number of carbonyl (C=O) groups excluding carboxylic acids is 2. The number of hydrogen-bond acceptors (Lipinski definition) is 4. The average Bonchev–Trinajstić information content (AvgIpc) is 2.64. The number of nitrogens with one attached hydrogen (secondary N) is 1. The molecule has 1 aromatic heterocycles. The predicted molar refractivity (Wildman–Crippen MR) is 59.8 cm³/mol. The molecule has 0 atom stereocenters. The molecule has 0 aromatic carbocycles. The maximum atomic E-state index is 12.1. The summed E-state index contributed by atoms with van der Waals surface area (Å²) in [4.78, 5) is 27.0. The fraction of sp³-hybridized carbons (Fsp3) is 0.333. The first-order valence-corrected chi connectivity index (χ1v) is 5.19. The van der Waals surface area contributed by atoms with Crippen molar-refractivity contribution in [3.63, 3.8) is 0 Å². The first-order valence-electron chi connectivity index (χ1n) is 5.19. The fourth-order valence-corrected chi connectivity index (χ4v) is 2.10. The van der Waals surface area contributed by atoms with Crippen LogP contribution in [0.1, 0.15) is 39.0 Å². The number of aliphatic hydroxyl groups is 1. The van der Waals surface area contributed by atoms with Crippen LogP contribution in [-0.2, 0) is 11.3 Å². The lowest BCUT2D eigenvalue weighted by atomic mass is 9.92. The third kappa shape index (κ3) is 1.43. The number of rotatable bonds is 2. The molecule has 0 spiro atoms. The Balaban J connectivity index is 2.72. The summed E-state index contributed by atoms with van der Waals surface area (Å²) in [6.07, 6.45) is 0. The lowest BCUT2D eigenvalue weighted by molar-refractivity contribution is 0.0902. The molecule has 0 aliphatic heterocycles. The molecule has 17 heavy (non-hydrogen) atoms. The highest BCUT2D eigenvalue weighted by molar-refractivity contribution is 6.26. The van der Waals surface area contributed by atoms with Crippen LogP contribution in [0.3, 0.4) is 0 Å². The summed E-state index contributed by atoms with van der Waals surface area (Å²) in [6.45, 7) is 2.98. The van der Waals surface area contributed by atoms with Crippen LogP contribution in [0.4, 0.5) is 0 Å². The van der Waals surface area contributed by atoms with Crippen LogP contribution in [0.25, 0.3) is 0 Å². The van der Waals surface area contributed by atoms with Gasteiger partial charge in [-0.3, -0.25) is 9.59 Å². The van der Waals surface area contributed by atoms with E-state index in [-0.39, 0.29) is 40.8 Å². The molecule has 1 aromatic rings. The normalized spacial score (nSPS) is 15.3. The maximum absolute atomic E-state index is 12.1. The second-order valence-corrected chi connectivity index (χ2v) is 3.95. The molecule has 2 rings (SSSR count). The molecule has 0 radical (unpaired) electrons. The Kier molecular flexibility index (Phi) is 2.63. The molecule has 0 fully saturated rings. The summed E-state index contributed by atoms with van der Waals surface area (Å²) in [6, 6.07) is 0. The zero-order valence-corrected chi connectivity index (χ0v) is 9.88. The molecular weight excluding hydrogens is 222 g/mol. The summed E-state index contributed by atoms with van der Waals surface area (Å²) in [5.74, 6) is -0.566. The molecule has 0 saturated carbocycles. The van der Waals surface area contributed by atoms with Crippen LogP contribution in [0.15, 0.2) is 11.3 Å². The Morgan fingerprint density at radius 1 is 1.24 bits per heavy atom. The van der Waals surface area contributed by atoms with Gasteiger partial charge in [0.2, 0.25) is 11.6 Å². The number of carbonyl (C=O) groups is 2. The Morgan fingerprint density at radius 3 is 2.41 bits per heavy atom. The molecule has 0 amide bonds. The lowest BCUT2D eigenvalue weighted by Crippen LogP contribution is -2.22. The number of Topliss-reactive ketones (excluding diaryl/α,β-unsaturated/α-hetero) is 2. The minimum absolute atomic E-state index is 0.0520. The number of H-pyrrole nitrogens is 1. The molecule has 2 N–H and O–H groups in total. The van der Waals surface area contributed by atoms with E-state index in [0.717, 1.165) is 0 Å². The number of allylic oxidation sites excluding steroid dienone is 2. The minimum atomic E-state index is -0.354. The predicted octanol–water partition coefficient (Wildman–Crippen LogP) is 1.11. The summed E-state index contributed by atoms with van der Waals surface area (Å²) < 4.78 is 4.97. The maximum Gasteiger partial charge on any atom is 0.230 e. The van der Waals surface area contributed by atoms with Gasteiger partial charge in [0.1, 0.15) is 0 Å². The van der Waals surface area contributed by atoms with Gasteiger partial charge in [0.25, 0.3) is 0 Å². The zero-order chi connectivity index (χ0) is 12.7. The van der Waals surface area contributed by atoms with Crippen molar-refractivity contribution in [3.8, 4) is 0 Å². The summed E-state index contributed by atoms with van der Waals surface area (Å²) >= 11 is 0. The largest absolute Gasteiger partial charge is 0.492 e. The quantitative estimate of drug-likeness (QED) is 0.804. The molecule has 5 nitrogen and oxygen atoms in total. The Bertz CT molecular complexity index is 551. The summed E-state index contributed by atoms with van der Waals surface area (Å²) in [5, 5.41) is 9.25. The average molecular weight is 235 g/mol. The van der Waals surface area contributed by atoms with E-state index in [9.17, 15) is 14.7 Å².